The second-order valence-corrected chi connectivity index (χ2v) is 11.1. The van der Waals surface area contributed by atoms with Crippen LogP contribution in [0.25, 0.3) is 6.08 Å². The SMILES string of the molecule is CCCCn1c(N2CCCCC2)c(/C=C2\SC(=S)N(Cc3ccc(C)cc3)C2=O)c(C)c(C#N)c1=O. The van der Waals surface area contributed by atoms with Gasteiger partial charge in [-0.05, 0) is 56.7 Å². The van der Waals surface area contributed by atoms with Crippen molar-refractivity contribution in [1.82, 2.24) is 9.47 Å². The lowest BCUT2D eigenvalue weighted by molar-refractivity contribution is -0.122. The summed E-state index contributed by atoms with van der Waals surface area (Å²) in [5, 5.41) is 9.86. The molecule has 2 aromatic rings. The Morgan fingerprint density at radius 2 is 1.81 bits per heavy atom. The number of carbonyl (C=O) groups is 1. The van der Waals surface area contributed by atoms with Crippen LogP contribution in [0.3, 0.4) is 0 Å². The second-order valence-electron chi connectivity index (χ2n) is 9.46. The quantitative estimate of drug-likeness (QED) is 0.353. The van der Waals surface area contributed by atoms with Gasteiger partial charge in [0, 0.05) is 25.2 Å². The molecule has 0 aliphatic carbocycles. The minimum absolute atomic E-state index is 0.139. The first-order chi connectivity index (χ1) is 17.3. The standard InChI is InChI=1S/C28H32N4O2S2/c1-4-5-15-31-25(30-13-7-6-8-14-30)22(20(3)23(17-29)26(31)33)16-24-27(34)32(28(35)36-24)18-21-11-9-19(2)10-12-21/h9-12,16H,4-8,13-15,18H2,1-3H3/b24-16-. The van der Waals surface area contributed by atoms with E-state index in [-0.39, 0.29) is 17.0 Å². The average Bonchev–Trinajstić information content (AvgIpc) is 3.14. The van der Waals surface area contributed by atoms with Crippen LogP contribution in [0, 0.1) is 25.2 Å². The number of piperidine rings is 1. The van der Waals surface area contributed by atoms with Gasteiger partial charge >= 0.3 is 0 Å². The first kappa shape index (κ1) is 26.2. The molecule has 3 heterocycles. The Morgan fingerprint density at radius 3 is 2.44 bits per heavy atom. The molecular weight excluding hydrogens is 488 g/mol. The summed E-state index contributed by atoms with van der Waals surface area (Å²) in [6, 6.07) is 10.2. The Hall–Kier alpha value is -2.89. The molecule has 4 rings (SSSR count). The Kier molecular flexibility index (Phi) is 8.32. The highest BCUT2D eigenvalue weighted by atomic mass is 32.2. The lowest BCUT2D eigenvalue weighted by Crippen LogP contribution is -2.37. The molecule has 0 bridgehead atoms. The fraction of sp³-hybridized carbons (Fsp3) is 0.429. The van der Waals surface area contributed by atoms with Gasteiger partial charge in [-0.1, -0.05) is 67.2 Å². The van der Waals surface area contributed by atoms with Crippen molar-refractivity contribution in [1.29, 1.82) is 5.26 Å². The molecule has 0 N–H and O–H groups in total. The molecule has 0 saturated carbocycles. The summed E-state index contributed by atoms with van der Waals surface area (Å²) in [5.74, 6) is 0.688. The number of nitrogens with zero attached hydrogens (tertiary/aromatic N) is 4. The molecule has 36 heavy (non-hydrogen) atoms. The second kappa shape index (κ2) is 11.4. The monoisotopic (exact) mass is 520 g/mol. The average molecular weight is 521 g/mol. The summed E-state index contributed by atoms with van der Waals surface area (Å²) in [7, 11) is 0. The van der Waals surface area contributed by atoms with E-state index in [0.717, 1.165) is 67.7 Å². The largest absolute Gasteiger partial charge is 0.357 e. The van der Waals surface area contributed by atoms with Crippen molar-refractivity contribution in [3.63, 3.8) is 0 Å². The Morgan fingerprint density at radius 1 is 1.11 bits per heavy atom. The summed E-state index contributed by atoms with van der Waals surface area (Å²) >= 11 is 6.87. The first-order valence-electron chi connectivity index (χ1n) is 12.6. The highest BCUT2D eigenvalue weighted by Gasteiger charge is 2.33. The molecule has 2 fully saturated rings. The summed E-state index contributed by atoms with van der Waals surface area (Å²) < 4.78 is 2.28. The van der Waals surface area contributed by atoms with Gasteiger partial charge in [0.05, 0.1) is 11.4 Å². The van der Waals surface area contributed by atoms with Crippen LogP contribution in [0.5, 0.6) is 0 Å². The Labute approximate surface area is 222 Å². The Bertz CT molecular complexity index is 1300. The number of anilines is 1. The van der Waals surface area contributed by atoms with Gasteiger partial charge < -0.3 is 4.90 Å². The zero-order valence-electron chi connectivity index (χ0n) is 21.2. The van der Waals surface area contributed by atoms with Crippen LogP contribution in [0.4, 0.5) is 5.82 Å². The molecule has 1 amide bonds. The van der Waals surface area contributed by atoms with Crippen molar-refractivity contribution in [2.75, 3.05) is 18.0 Å². The van der Waals surface area contributed by atoms with E-state index in [0.29, 0.717) is 27.9 Å². The van der Waals surface area contributed by atoms with Gasteiger partial charge in [-0.25, -0.2) is 0 Å². The molecule has 2 aliphatic heterocycles. The molecule has 2 saturated heterocycles. The fourth-order valence-corrected chi connectivity index (χ4v) is 5.99. The molecule has 2 aliphatic rings. The number of aromatic nitrogens is 1. The summed E-state index contributed by atoms with van der Waals surface area (Å²) in [5.41, 5.74) is 3.49. The number of aryl methyl sites for hydroxylation is 1. The van der Waals surface area contributed by atoms with E-state index in [1.165, 1.54) is 11.8 Å². The van der Waals surface area contributed by atoms with Crippen LogP contribution in [-0.2, 0) is 17.9 Å². The maximum Gasteiger partial charge on any atom is 0.270 e. The van der Waals surface area contributed by atoms with Crippen LogP contribution in [0.2, 0.25) is 0 Å². The number of amides is 1. The van der Waals surface area contributed by atoms with Crippen LogP contribution < -0.4 is 10.5 Å². The van der Waals surface area contributed by atoms with Gasteiger partial charge in [0.1, 0.15) is 21.8 Å². The number of nitriles is 1. The Balaban J connectivity index is 1.80. The minimum atomic E-state index is -0.243. The van der Waals surface area contributed by atoms with E-state index in [4.69, 9.17) is 12.2 Å². The number of thioether (sulfide) groups is 1. The van der Waals surface area contributed by atoms with Crippen LogP contribution >= 0.6 is 24.0 Å². The molecule has 6 nitrogen and oxygen atoms in total. The third kappa shape index (κ3) is 5.28. The third-order valence-electron chi connectivity index (χ3n) is 6.85. The van der Waals surface area contributed by atoms with E-state index in [1.54, 1.807) is 9.47 Å². The van der Waals surface area contributed by atoms with Crippen molar-refractivity contribution in [3.8, 4) is 6.07 Å². The zero-order valence-corrected chi connectivity index (χ0v) is 22.8. The fourth-order valence-electron chi connectivity index (χ4n) is 4.76. The van der Waals surface area contributed by atoms with Crippen molar-refractivity contribution in [2.45, 2.75) is 66.0 Å². The minimum Gasteiger partial charge on any atom is -0.357 e. The molecule has 188 valence electrons. The lowest BCUT2D eigenvalue weighted by Gasteiger charge is -2.33. The van der Waals surface area contributed by atoms with Gasteiger partial charge in [-0.15, -0.1) is 0 Å². The summed E-state index contributed by atoms with van der Waals surface area (Å²) in [6.07, 6.45) is 6.91. The van der Waals surface area contributed by atoms with Gasteiger partial charge in [0.2, 0.25) is 0 Å². The maximum absolute atomic E-state index is 13.5. The van der Waals surface area contributed by atoms with Gasteiger partial charge in [0.15, 0.2) is 0 Å². The van der Waals surface area contributed by atoms with Gasteiger partial charge in [0.25, 0.3) is 11.5 Å². The predicted octanol–water partition coefficient (Wildman–Crippen LogP) is 5.53. The topological polar surface area (TPSA) is 69.3 Å². The first-order valence-corrected chi connectivity index (χ1v) is 13.8. The van der Waals surface area contributed by atoms with Crippen molar-refractivity contribution >= 4 is 46.1 Å². The van der Waals surface area contributed by atoms with Crippen LogP contribution in [0.15, 0.2) is 34.0 Å². The molecule has 1 aromatic carbocycles. The molecule has 0 spiro atoms. The number of thiocarbonyl (C=S) groups is 1. The van der Waals surface area contributed by atoms with E-state index in [2.05, 4.69) is 17.9 Å². The molecule has 0 atom stereocenters. The van der Waals surface area contributed by atoms with E-state index >= 15 is 0 Å². The van der Waals surface area contributed by atoms with E-state index in [1.807, 2.05) is 44.2 Å². The number of hydrogen-bond acceptors (Lipinski definition) is 6. The molecular formula is C28H32N4O2S2. The molecule has 0 radical (unpaired) electrons. The van der Waals surface area contributed by atoms with E-state index < -0.39 is 0 Å². The highest BCUT2D eigenvalue weighted by molar-refractivity contribution is 8.26. The number of hydrogen-bond donors (Lipinski definition) is 0. The zero-order chi connectivity index (χ0) is 25.8. The number of rotatable bonds is 7. The van der Waals surface area contributed by atoms with Crippen molar-refractivity contribution in [3.05, 3.63) is 67.3 Å². The number of unbranched alkanes of at least 4 members (excludes halogenated alkanes) is 1. The number of benzene rings is 1. The van der Waals surface area contributed by atoms with Crippen molar-refractivity contribution < 1.29 is 4.79 Å². The molecule has 1 aromatic heterocycles. The predicted molar refractivity (Wildman–Crippen MR) is 151 cm³/mol. The van der Waals surface area contributed by atoms with Crippen LogP contribution in [0.1, 0.15) is 66.8 Å². The molecule has 8 heteroatoms. The summed E-state index contributed by atoms with van der Waals surface area (Å²) in [6.45, 7) is 8.61. The summed E-state index contributed by atoms with van der Waals surface area (Å²) in [4.78, 5) is 31.3. The lowest BCUT2D eigenvalue weighted by atomic mass is 10.0. The molecule has 0 unspecified atom stereocenters. The number of pyridine rings is 1. The van der Waals surface area contributed by atoms with Gasteiger partial charge in [-0.3, -0.25) is 19.1 Å². The normalized spacial score (nSPS) is 17.2. The van der Waals surface area contributed by atoms with E-state index in [9.17, 15) is 14.9 Å². The number of carbonyl (C=O) groups excluding carboxylic acids is 1. The van der Waals surface area contributed by atoms with Crippen LogP contribution in [-0.4, -0.2) is 32.8 Å². The van der Waals surface area contributed by atoms with Crippen molar-refractivity contribution in [2.24, 2.45) is 0 Å². The maximum atomic E-state index is 13.5. The highest BCUT2D eigenvalue weighted by Crippen LogP contribution is 2.37. The smallest absolute Gasteiger partial charge is 0.270 e. The van der Waals surface area contributed by atoms with Gasteiger partial charge in [-0.2, -0.15) is 5.26 Å². The third-order valence-corrected chi connectivity index (χ3v) is 8.23.